The second-order valence-corrected chi connectivity index (χ2v) is 6.03. The SMILES string of the molecule is Cc1cc(NC(=O)COc2ccc(-c3ccccc3)cc2Br)no1. The summed E-state index contributed by atoms with van der Waals surface area (Å²) in [6.07, 6.45) is 0. The van der Waals surface area contributed by atoms with Crippen molar-refractivity contribution in [2.75, 3.05) is 11.9 Å². The van der Waals surface area contributed by atoms with Crippen molar-refractivity contribution in [1.82, 2.24) is 5.16 Å². The summed E-state index contributed by atoms with van der Waals surface area (Å²) in [7, 11) is 0. The Balaban J connectivity index is 1.62. The zero-order chi connectivity index (χ0) is 16.9. The van der Waals surface area contributed by atoms with Gasteiger partial charge in [-0.2, -0.15) is 0 Å². The number of halogens is 1. The predicted molar refractivity (Wildman–Crippen MR) is 94.9 cm³/mol. The van der Waals surface area contributed by atoms with Crippen molar-refractivity contribution in [1.29, 1.82) is 0 Å². The molecule has 24 heavy (non-hydrogen) atoms. The number of rotatable bonds is 5. The van der Waals surface area contributed by atoms with Gasteiger partial charge in [0.25, 0.3) is 5.91 Å². The third kappa shape index (κ3) is 4.02. The van der Waals surface area contributed by atoms with E-state index >= 15 is 0 Å². The van der Waals surface area contributed by atoms with Crippen molar-refractivity contribution in [2.24, 2.45) is 0 Å². The maximum absolute atomic E-state index is 11.9. The first kappa shape index (κ1) is 16.3. The predicted octanol–water partition coefficient (Wildman–Crippen LogP) is 4.43. The fourth-order valence-corrected chi connectivity index (χ4v) is 2.67. The van der Waals surface area contributed by atoms with Crippen molar-refractivity contribution < 1.29 is 14.1 Å². The molecule has 0 saturated carbocycles. The number of nitrogens with one attached hydrogen (secondary N) is 1. The molecule has 1 heterocycles. The Bertz CT molecular complexity index is 846. The maximum Gasteiger partial charge on any atom is 0.263 e. The number of nitrogens with zero attached hydrogens (tertiary/aromatic N) is 1. The van der Waals surface area contributed by atoms with Crippen molar-refractivity contribution in [3.63, 3.8) is 0 Å². The number of hydrogen-bond donors (Lipinski definition) is 1. The lowest BCUT2D eigenvalue weighted by Gasteiger charge is -2.09. The van der Waals surface area contributed by atoms with Crippen LogP contribution in [0, 0.1) is 6.92 Å². The Hall–Kier alpha value is -2.60. The van der Waals surface area contributed by atoms with Gasteiger partial charge in [-0.05, 0) is 46.1 Å². The molecular weight excluding hydrogens is 372 g/mol. The first-order valence-electron chi connectivity index (χ1n) is 7.33. The Kier molecular flexibility index (Phi) is 4.96. The van der Waals surface area contributed by atoms with Crippen LogP contribution in [0.15, 0.2) is 63.6 Å². The lowest BCUT2D eigenvalue weighted by Crippen LogP contribution is -2.20. The summed E-state index contributed by atoms with van der Waals surface area (Å²) in [6.45, 7) is 1.64. The molecule has 5 nitrogen and oxygen atoms in total. The number of ether oxygens (including phenoxy) is 1. The monoisotopic (exact) mass is 386 g/mol. The molecule has 0 atom stereocenters. The van der Waals surface area contributed by atoms with E-state index in [4.69, 9.17) is 9.26 Å². The fraction of sp³-hybridized carbons (Fsp3) is 0.111. The molecule has 1 N–H and O–H groups in total. The molecule has 0 saturated heterocycles. The van der Waals surface area contributed by atoms with Crippen LogP contribution in [0.2, 0.25) is 0 Å². The lowest BCUT2D eigenvalue weighted by atomic mass is 10.1. The van der Waals surface area contributed by atoms with E-state index in [2.05, 4.69) is 26.4 Å². The number of aryl methyl sites for hydroxylation is 1. The lowest BCUT2D eigenvalue weighted by molar-refractivity contribution is -0.118. The van der Waals surface area contributed by atoms with Crippen LogP contribution < -0.4 is 10.1 Å². The molecule has 0 aliphatic carbocycles. The number of carbonyl (C=O) groups excluding carboxylic acids is 1. The smallest absolute Gasteiger partial charge is 0.263 e. The van der Waals surface area contributed by atoms with E-state index in [0.29, 0.717) is 17.3 Å². The van der Waals surface area contributed by atoms with Crippen LogP contribution >= 0.6 is 15.9 Å². The molecule has 3 rings (SSSR count). The second kappa shape index (κ2) is 7.31. The van der Waals surface area contributed by atoms with Gasteiger partial charge >= 0.3 is 0 Å². The highest BCUT2D eigenvalue weighted by Gasteiger charge is 2.09. The molecule has 0 radical (unpaired) electrons. The van der Waals surface area contributed by atoms with E-state index in [1.807, 2.05) is 48.5 Å². The van der Waals surface area contributed by atoms with Gasteiger partial charge in [-0.25, -0.2) is 0 Å². The first-order chi connectivity index (χ1) is 11.6. The summed E-state index contributed by atoms with van der Waals surface area (Å²) in [4.78, 5) is 11.9. The van der Waals surface area contributed by atoms with Gasteiger partial charge < -0.3 is 14.6 Å². The zero-order valence-electron chi connectivity index (χ0n) is 13.0. The summed E-state index contributed by atoms with van der Waals surface area (Å²) in [6, 6.07) is 17.4. The van der Waals surface area contributed by atoms with Crippen LogP contribution in [0.1, 0.15) is 5.76 Å². The summed E-state index contributed by atoms with van der Waals surface area (Å²) >= 11 is 3.48. The fourth-order valence-electron chi connectivity index (χ4n) is 2.18. The number of amides is 1. The van der Waals surface area contributed by atoms with Crippen molar-refractivity contribution >= 4 is 27.7 Å². The van der Waals surface area contributed by atoms with Crippen molar-refractivity contribution in [3.8, 4) is 16.9 Å². The Labute approximate surface area is 147 Å². The quantitative estimate of drug-likeness (QED) is 0.704. The molecule has 1 aromatic heterocycles. The Morgan fingerprint density at radius 2 is 1.96 bits per heavy atom. The number of benzene rings is 2. The Morgan fingerprint density at radius 3 is 2.62 bits per heavy atom. The van der Waals surface area contributed by atoms with Gasteiger partial charge in [-0.3, -0.25) is 4.79 Å². The van der Waals surface area contributed by atoms with E-state index < -0.39 is 0 Å². The molecule has 0 aliphatic rings. The molecule has 1 amide bonds. The third-order valence-electron chi connectivity index (χ3n) is 3.29. The van der Waals surface area contributed by atoms with Gasteiger partial charge in [0.1, 0.15) is 11.5 Å². The minimum atomic E-state index is -0.303. The standard InChI is InChI=1S/C18H15BrN2O3/c1-12-9-17(21-24-12)20-18(22)11-23-16-8-7-14(10-15(16)19)13-5-3-2-4-6-13/h2-10H,11H2,1H3,(H,20,21,22). The van der Waals surface area contributed by atoms with Crippen molar-refractivity contribution in [3.05, 3.63) is 64.8 Å². The summed E-state index contributed by atoms with van der Waals surface area (Å²) in [5.41, 5.74) is 2.18. The van der Waals surface area contributed by atoms with E-state index in [0.717, 1.165) is 15.6 Å². The van der Waals surface area contributed by atoms with Crippen LogP contribution in [0.4, 0.5) is 5.82 Å². The van der Waals surface area contributed by atoms with Crippen molar-refractivity contribution in [2.45, 2.75) is 6.92 Å². The molecule has 0 aliphatic heterocycles. The highest BCUT2D eigenvalue weighted by molar-refractivity contribution is 9.10. The van der Waals surface area contributed by atoms with Crippen LogP contribution in [0.3, 0.4) is 0 Å². The van der Waals surface area contributed by atoms with Gasteiger partial charge in [0.15, 0.2) is 12.4 Å². The minimum absolute atomic E-state index is 0.116. The van der Waals surface area contributed by atoms with E-state index in [9.17, 15) is 4.79 Å². The second-order valence-electron chi connectivity index (χ2n) is 5.17. The summed E-state index contributed by atoms with van der Waals surface area (Å²) in [5, 5.41) is 6.31. The van der Waals surface area contributed by atoms with Crippen LogP contribution in [0.25, 0.3) is 11.1 Å². The van der Waals surface area contributed by atoms with Gasteiger partial charge in [0, 0.05) is 6.07 Å². The molecule has 6 heteroatoms. The normalized spacial score (nSPS) is 10.4. The number of carbonyl (C=O) groups is 1. The molecule has 2 aromatic carbocycles. The average molecular weight is 387 g/mol. The van der Waals surface area contributed by atoms with Crippen LogP contribution in [-0.2, 0) is 4.79 Å². The molecule has 0 spiro atoms. The van der Waals surface area contributed by atoms with Gasteiger partial charge in [-0.1, -0.05) is 41.6 Å². The van der Waals surface area contributed by atoms with Gasteiger partial charge in [0.05, 0.1) is 4.47 Å². The number of aromatic nitrogens is 1. The number of anilines is 1. The molecule has 0 fully saturated rings. The molecule has 0 bridgehead atoms. The highest BCUT2D eigenvalue weighted by atomic mass is 79.9. The maximum atomic E-state index is 11.9. The minimum Gasteiger partial charge on any atom is -0.483 e. The van der Waals surface area contributed by atoms with E-state index in [-0.39, 0.29) is 12.5 Å². The average Bonchev–Trinajstić information content (AvgIpc) is 2.99. The highest BCUT2D eigenvalue weighted by Crippen LogP contribution is 2.30. The zero-order valence-corrected chi connectivity index (χ0v) is 14.5. The van der Waals surface area contributed by atoms with Crippen LogP contribution in [-0.4, -0.2) is 17.7 Å². The Morgan fingerprint density at radius 1 is 1.17 bits per heavy atom. The van der Waals surface area contributed by atoms with Gasteiger partial charge in [0.2, 0.25) is 0 Å². The summed E-state index contributed by atoms with van der Waals surface area (Å²) in [5.74, 6) is 1.30. The first-order valence-corrected chi connectivity index (χ1v) is 8.12. The van der Waals surface area contributed by atoms with Crippen LogP contribution in [0.5, 0.6) is 5.75 Å². The molecule has 0 unspecified atom stereocenters. The largest absolute Gasteiger partial charge is 0.483 e. The summed E-state index contributed by atoms with van der Waals surface area (Å²) < 4.78 is 11.2. The van der Waals surface area contributed by atoms with E-state index in [1.165, 1.54) is 0 Å². The number of hydrogen-bond acceptors (Lipinski definition) is 4. The molecule has 122 valence electrons. The van der Waals surface area contributed by atoms with Gasteiger partial charge in [-0.15, -0.1) is 0 Å². The topological polar surface area (TPSA) is 64.4 Å². The van der Waals surface area contributed by atoms with E-state index in [1.54, 1.807) is 13.0 Å². The molecule has 3 aromatic rings. The third-order valence-corrected chi connectivity index (χ3v) is 3.91. The molecular formula is C18H15BrN2O3.